The third-order valence-corrected chi connectivity index (χ3v) is 2.83. The van der Waals surface area contributed by atoms with Gasteiger partial charge in [0.2, 0.25) is 0 Å². The Balaban J connectivity index is 3.01. The van der Waals surface area contributed by atoms with Crippen molar-refractivity contribution in [2.45, 2.75) is 33.7 Å². The number of nitrogens with one attached hydrogen (secondary N) is 1. The van der Waals surface area contributed by atoms with Gasteiger partial charge in [0.1, 0.15) is 11.9 Å². The van der Waals surface area contributed by atoms with Crippen LogP contribution in [0.3, 0.4) is 0 Å². The maximum absolute atomic E-state index is 13.1. The third kappa shape index (κ3) is 3.77. The van der Waals surface area contributed by atoms with Gasteiger partial charge >= 0.3 is 5.97 Å². The Bertz CT molecular complexity index is 506. The van der Waals surface area contributed by atoms with Crippen LogP contribution in [0.15, 0.2) is 18.2 Å². The highest BCUT2D eigenvalue weighted by Gasteiger charge is 2.33. The van der Waals surface area contributed by atoms with Crippen molar-refractivity contribution < 1.29 is 19.1 Å². The van der Waals surface area contributed by atoms with Crippen LogP contribution >= 0.6 is 0 Å². The molecule has 5 heteroatoms. The first kappa shape index (κ1) is 15.1. The van der Waals surface area contributed by atoms with Crippen molar-refractivity contribution in [1.29, 1.82) is 0 Å². The quantitative estimate of drug-likeness (QED) is 0.883. The molecule has 0 aliphatic rings. The zero-order valence-corrected chi connectivity index (χ0v) is 11.5. The lowest BCUT2D eigenvalue weighted by Gasteiger charge is -2.28. The summed E-state index contributed by atoms with van der Waals surface area (Å²) in [5.41, 5.74) is 0.107. The molecule has 1 unspecified atom stereocenters. The molecule has 104 valence electrons. The minimum atomic E-state index is -1.12. The average Bonchev–Trinajstić information content (AvgIpc) is 2.26. The van der Waals surface area contributed by atoms with Crippen LogP contribution in [-0.2, 0) is 4.79 Å². The number of carbonyl (C=O) groups is 2. The van der Waals surface area contributed by atoms with Crippen LogP contribution < -0.4 is 5.32 Å². The molecule has 0 aromatic heterocycles. The maximum atomic E-state index is 13.1. The molecular formula is C14H18FNO3. The van der Waals surface area contributed by atoms with E-state index in [-0.39, 0.29) is 5.56 Å². The highest BCUT2D eigenvalue weighted by molar-refractivity contribution is 5.97. The average molecular weight is 267 g/mol. The molecule has 0 fully saturated rings. The zero-order chi connectivity index (χ0) is 14.8. The molecule has 0 radical (unpaired) electrons. The number of aliphatic carboxylic acids is 1. The van der Waals surface area contributed by atoms with E-state index in [2.05, 4.69) is 5.32 Å². The van der Waals surface area contributed by atoms with Crippen LogP contribution in [0.1, 0.15) is 36.7 Å². The summed E-state index contributed by atoms with van der Waals surface area (Å²) in [6, 6.07) is 2.80. The summed E-state index contributed by atoms with van der Waals surface area (Å²) >= 11 is 0. The number of aryl methyl sites for hydroxylation is 1. The summed E-state index contributed by atoms with van der Waals surface area (Å²) in [6.45, 7) is 6.81. The molecule has 0 saturated carbocycles. The molecule has 0 spiro atoms. The Labute approximate surface area is 111 Å². The minimum absolute atomic E-state index is 0.149. The van der Waals surface area contributed by atoms with Gasteiger partial charge in [-0.25, -0.2) is 9.18 Å². The molecule has 1 amide bonds. The van der Waals surface area contributed by atoms with Crippen molar-refractivity contribution in [3.05, 3.63) is 35.1 Å². The van der Waals surface area contributed by atoms with Gasteiger partial charge < -0.3 is 10.4 Å². The number of hydrogen-bond acceptors (Lipinski definition) is 2. The molecule has 1 rings (SSSR count). The Morgan fingerprint density at radius 1 is 1.32 bits per heavy atom. The van der Waals surface area contributed by atoms with Gasteiger partial charge in [0.05, 0.1) is 0 Å². The van der Waals surface area contributed by atoms with Crippen molar-refractivity contribution >= 4 is 11.9 Å². The predicted octanol–water partition coefficient (Wildman–Crippen LogP) is 2.36. The lowest BCUT2D eigenvalue weighted by molar-refractivity contribution is -0.142. The summed E-state index contributed by atoms with van der Waals surface area (Å²) in [7, 11) is 0. The molecule has 2 N–H and O–H groups in total. The monoisotopic (exact) mass is 267 g/mol. The van der Waals surface area contributed by atoms with Crippen molar-refractivity contribution in [2.24, 2.45) is 5.41 Å². The van der Waals surface area contributed by atoms with Gasteiger partial charge in [0.15, 0.2) is 0 Å². The van der Waals surface area contributed by atoms with Crippen LogP contribution in [0.4, 0.5) is 4.39 Å². The number of amides is 1. The number of carboxylic acid groups (broad SMARTS) is 1. The number of halogens is 1. The van der Waals surface area contributed by atoms with Gasteiger partial charge in [0.25, 0.3) is 5.91 Å². The lowest BCUT2D eigenvalue weighted by atomic mass is 9.86. The minimum Gasteiger partial charge on any atom is -0.480 e. The van der Waals surface area contributed by atoms with Crippen LogP contribution in [0.2, 0.25) is 0 Å². The van der Waals surface area contributed by atoms with Gasteiger partial charge in [0, 0.05) is 5.56 Å². The van der Waals surface area contributed by atoms with E-state index in [0.717, 1.165) is 6.07 Å². The van der Waals surface area contributed by atoms with Gasteiger partial charge in [-0.1, -0.05) is 26.8 Å². The summed E-state index contributed by atoms with van der Waals surface area (Å²) < 4.78 is 13.1. The second-order valence-corrected chi connectivity index (χ2v) is 5.57. The standard InChI is InChI=1S/C14H18FNO3/c1-8-5-6-9(15)7-10(8)12(17)16-11(13(18)19)14(2,3)4/h5-7,11H,1-4H3,(H,16,17)(H,18,19). The Morgan fingerprint density at radius 2 is 1.89 bits per heavy atom. The molecule has 1 aromatic rings. The molecule has 19 heavy (non-hydrogen) atoms. The molecule has 0 saturated heterocycles. The molecule has 0 heterocycles. The van der Waals surface area contributed by atoms with E-state index in [9.17, 15) is 14.0 Å². The van der Waals surface area contributed by atoms with Crippen molar-refractivity contribution in [3.8, 4) is 0 Å². The van der Waals surface area contributed by atoms with E-state index in [1.807, 2.05) is 0 Å². The topological polar surface area (TPSA) is 66.4 Å². The number of carboxylic acids is 1. The summed E-state index contributed by atoms with van der Waals surface area (Å²) in [5, 5.41) is 11.6. The van der Waals surface area contributed by atoms with Crippen molar-refractivity contribution in [1.82, 2.24) is 5.32 Å². The third-order valence-electron chi connectivity index (χ3n) is 2.83. The van der Waals surface area contributed by atoms with E-state index in [1.165, 1.54) is 12.1 Å². The van der Waals surface area contributed by atoms with Crippen LogP contribution in [0.5, 0.6) is 0 Å². The number of carbonyl (C=O) groups excluding carboxylic acids is 1. The highest BCUT2D eigenvalue weighted by atomic mass is 19.1. The second-order valence-electron chi connectivity index (χ2n) is 5.57. The second kappa shape index (κ2) is 5.38. The van der Waals surface area contributed by atoms with Crippen LogP contribution in [-0.4, -0.2) is 23.0 Å². The molecule has 0 bridgehead atoms. The Morgan fingerprint density at radius 3 is 2.37 bits per heavy atom. The fourth-order valence-electron chi connectivity index (χ4n) is 1.70. The molecule has 0 aliphatic heterocycles. The molecule has 1 atom stereocenters. The van der Waals surface area contributed by atoms with E-state index in [0.29, 0.717) is 5.56 Å². The summed E-state index contributed by atoms with van der Waals surface area (Å²) in [5.74, 6) is -2.23. The summed E-state index contributed by atoms with van der Waals surface area (Å²) in [6.07, 6.45) is 0. The van der Waals surface area contributed by atoms with Gasteiger partial charge in [-0.3, -0.25) is 4.79 Å². The first-order chi connectivity index (χ1) is 8.62. The number of benzene rings is 1. The fourth-order valence-corrected chi connectivity index (χ4v) is 1.70. The first-order valence-electron chi connectivity index (χ1n) is 5.92. The van der Waals surface area contributed by atoms with Crippen LogP contribution in [0, 0.1) is 18.2 Å². The number of hydrogen-bond donors (Lipinski definition) is 2. The van der Waals surface area contributed by atoms with Gasteiger partial charge in [-0.05, 0) is 30.0 Å². The van der Waals surface area contributed by atoms with E-state index < -0.39 is 29.2 Å². The van der Waals surface area contributed by atoms with Gasteiger partial charge in [-0.2, -0.15) is 0 Å². The fraction of sp³-hybridized carbons (Fsp3) is 0.429. The molecule has 1 aromatic carbocycles. The van der Waals surface area contributed by atoms with E-state index in [4.69, 9.17) is 5.11 Å². The smallest absolute Gasteiger partial charge is 0.326 e. The van der Waals surface area contributed by atoms with E-state index in [1.54, 1.807) is 27.7 Å². The maximum Gasteiger partial charge on any atom is 0.326 e. The molecular weight excluding hydrogens is 249 g/mol. The Kier molecular flexibility index (Phi) is 4.29. The predicted molar refractivity (Wildman–Crippen MR) is 69.5 cm³/mol. The Hall–Kier alpha value is -1.91. The highest BCUT2D eigenvalue weighted by Crippen LogP contribution is 2.20. The molecule has 4 nitrogen and oxygen atoms in total. The normalized spacial score (nSPS) is 12.9. The van der Waals surface area contributed by atoms with E-state index >= 15 is 0 Å². The van der Waals surface area contributed by atoms with Crippen molar-refractivity contribution in [3.63, 3.8) is 0 Å². The van der Waals surface area contributed by atoms with Gasteiger partial charge in [-0.15, -0.1) is 0 Å². The zero-order valence-electron chi connectivity index (χ0n) is 11.5. The summed E-state index contributed by atoms with van der Waals surface area (Å²) in [4.78, 5) is 23.2. The number of rotatable bonds is 3. The molecule has 0 aliphatic carbocycles. The van der Waals surface area contributed by atoms with Crippen molar-refractivity contribution in [2.75, 3.05) is 0 Å². The van der Waals surface area contributed by atoms with Crippen LogP contribution in [0.25, 0.3) is 0 Å². The largest absolute Gasteiger partial charge is 0.480 e. The SMILES string of the molecule is Cc1ccc(F)cc1C(=O)NC(C(=O)O)C(C)(C)C. The lowest BCUT2D eigenvalue weighted by Crippen LogP contribution is -2.49. The first-order valence-corrected chi connectivity index (χ1v) is 5.92.